The van der Waals surface area contributed by atoms with E-state index in [2.05, 4.69) is 9.72 Å². The fraction of sp³-hybridized carbons (Fsp3) is 0.182. The Morgan fingerprint density at radius 3 is 2.73 bits per heavy atom. The Balaban J connectivity index is 1.83. The molecule has 0 saturated carbocycles. The summed E-state index contributed by atoms with van der Waals surface area (Å²) in [6.45, 7) is -2.48. The molecule has 3 rings (SSSR count). The van der Waals surface area contributed by atoms with Gasteiger partial charge in [-0.15, -0.1) is 0 Å². The highest BCUT2D eigenvalue weighted by atomic mass is 19.3. The maximum Gasteiger partial charge on any atom is 0.387 e. The van der Waals surface area contributed by atoms with Gasteiger partial charge in [0, 0.05) is 30.6 Å². The van der Waals surface area contributed by atoms with E-state index < -0.39 is 6.61 Å². The Kier molecular flexibility index (Phi) is 7.15. The predicted molar refractivity (Wildman–Crippen MR) is 106 cm³/mol. The lowest BCUT2D eigenvalue weighted by atomic mass is 10.1. The third-order valence-corrected chi connectivity index (χ3v) is 4.18. The number of rotatable bonds is 9. The van der Waals surface area contributed by atoms with Gasteiger partial charge in [0.1, 0.15) is 5.76 Å². The Morgan fingerprint density at radius 2 is 2.07 bits per heavy atom. The number of carbonyl (C=O) groups is 1. The molecule has 0 spiro atoms. The van der Waals surface area contributed by atoms with Crippen LogP contribution in [-0.2, 0) is 17.9 Å². The molecule has 1 aromatic carbocycles. The Labute approximate surface area is 172 Å². The number of carbonyl (C=O) groups excluding carboxylic acids is 1. The number of benzene rings is 1. The van der Waals surface area contributed by atoms with Gasteiger partial charge >= 0.3 is 6.61 Å². The number of alkyl halides is 2. The van der Waals surface area contributed by atoms with Crippen molar-refractivity contribution < 1.29 is 27.5 Å². The van der Waals surface area contributed by atoms with Crippen LogP contribution in [0.2, 0.25) is 0 Å². The molecular formula is C22H20F2N2O4. The molecule has 8 heteroatoms. The molecule has 30 heavy (non-hydrogen) atoms. The lowest BCUT2D eigenvalue weighted by Crippen LogP contribution is -2.28. The maximum atomic E-state index is 12.9. The molecule has 1 amide bonds. The van der Waals surface area contributed by atoms with Crippen molar-refractivity contribution in [2.75, 3.05) is 7.11 Å². The van der Waals surface area contributed by atoms with Gasteiger partial charge in [0.05, 0.1) is 19.9 Å². The lowest BCUT2D eigenvalue weighted by molar-refractivity contribution is -0.127. The summed E-state index contributed by atoms with van der Waals surface area (Å²) in [4.78, 5) is 18.5. The normalized spacial score (nSPS) is 11.1. The zero-order valence-corrected chi connectivity index (χ0v) is 16.2. The third kappa shape index (κ3) is 5.66. The molecule has 0 saturated heterocycles. The zero-order chi connectivity index (χ0) is 21.3. The van der Waals surface area contributed by atoms with E-state index in [-0.39, 0.29) is 24.0 Å². The van der Waals surface area contributed by atoms with Gasteiger partial charge in [-0.3, -0.25) is 9.78 Å². The average molecular weight is 414 g/mol. The van der Waals surface area contributed by atoms with E-state index in [4.69, 9.17) is 9.15 Å². The van der Waals surface area contributed by atoms with Crippen LogP contribution in [0.3, 0.4) is 0 Å². The van der Waals surface area contributed by atoms with Crippen LogP contribution in [0.4, 0.5) is 8.78 Å². The SMILES string of the molecule is COc1cccc(/C=C/C(=O)N(Cc2cccnc2)Cc2ccco2)c1OC(F)F. The van der Waals surface area contributed by atoms with Gasteiger partial charge in [-0.2, -0.15) is 8.78 Å². The van der Waals surface area contributed by atoms with E-state index in [9.17, 15) is 13.6 Å². The zero-order valence-electron chi connectivity index (χ0n) is 16.2. The summed E-state index contributed by atoms with van der Waals surface area (Å²) >= 11 is 0. The highest BCUT2D eigenvalue weighted by Gasteiger charge is 2.16. The van der Waals surface area contributed by atoms with Gasteiger partial charge in [0.2, 0.25) is 5.91 Å². The number of furan rings is 1. The summed E-state index contributed by atoms with van der Waals surface area (Å²) in [7, 11) is 1.35. The molecule has 0 N–H and O–H groups in total. The highest BCUT2D eigenvalue weighted by Crippen LogP contribution is 2.33. The molecule has 0 radical (unpaired) electrons. The predicted octanol–water partition coefficient (Wildman–Crippen LogP) is 4.53. The number of methoxy groups -OCH3 is 1. The summed E-state index contributed by atoms with van der Waals surface area (Å²) in [5.41, 5.74) is 1.14. The Morgan fingerprint density at radius 1 is 1.20 bits per heavy atom. The maximum absolute atomic E-state index is 12.9. The second-order valence-corrected chi connectivity index (χ2v) is 6.23. The summed E-state index contributed by atoms with van der Waals surface area (Å²) < 4.78 is 40.6. The highest BCUT2D eigenvalue weighted by molar-refractivity contribution is 5.92. The van der Waals surface area contributed by atoms with Crippen LogP contribution in [0, 0.1) is 0 Å². The molecule has 0 bridgehead atoms. The van der Waals surface area contributed by atoms with Crippen LogP contribution in [0.5, 0.6) is 11.5 Å². The summed E-state index contributed by atoms with van der Waals surface area (Å²) in [5.74, 6) is 0.293. The summed E-state index contributed by atoms with van der Waals surface area (Å²) in [6.07, 6.45) is 7.56. The lowest BCUT2D eigenvalue weighted by Gasteiger charge is -2.20. The number of nitrogens with zero attached hydrogens (tertiary/aromatic N) is 2. The van der Waals surface area contributed by atoms with Crippen LogP contribution in [-0.4, -0.2) is 29.5 Å². The van der Waals surface area contributed by atoms with Crippen molar-refractivity contribution in [1.29, 1.82) is 0 Å². The van der Waals surface area contributed by atoms with Gasteiger partial charge in [-0.25, -0.2) is 0 Å². The second kappa shape index (κ2) is 10.2. The van der Waals surface area contributed by atoms with Gasteiger partial charge < -0.3 is 18.8 Å². The molecular weight excluding hydrogens is 394 g/mol. The first-order valence-corrected chi connectivity index (χ1v) is 9.07. The van der Waals surface area contributed by atoms with Crippen molar-refractivity contribution in [3.8, 4) is 11.5 Å². The number of aromatic nitrogens is 1. The number of amides is 1. The number of hydrogen-bond acceptors (Lipinski definition) is 5. The van der Waals surface area contributed by atoms with E-state index in [1.165, 1.54) is 31.6 Å². The van der Waals surface area contributed by atoms with Crippen molar-refractivity contribution in [3.63, 3.8) is 0 Å². The quantitative estimate of drug-likeness (QED) is 0.482. The molecule has 2 aromatic heterocycles. The van der Waals surface area contributed by atoms with Crippen LogP contribution in [0.1, 0.15) is 16.9 Å². The molecule has 0 fully saturated rings. The number of hydrogen-bond donors (Lipinski definition) is 0. The number of halogens is 2. The molecule has 0 aliphatic carbocycles. The van der Waals surface area contributed by atoms with Crippen LogP contribution in [0.25, 0.3) is 6.08 Å². The van der Waals surface area contributed by atoms with Crippen molar-refractivity contribution in [1.82, 2.24) is 9.88 Å². The van der Waals surface area contributed by atoms with Gasteiger partial charge in [0.15, 0.2) is 11.5 Å². The fourth-order valence-electron chi connectivity index (χ4n) is 2.82. The Hall–Kier alpha value is -3.68. The summed E-state index contributed by atoms with van der Waals surface area (Å²) in [6, 6.07) is 11.8. The van der Waals surface area contributed by atoms with Gasteiger partial charge in [-0.1, -0.05) is 18.2 Å². The van der Waals surface area contributed by atoms with E-state index in [1.807, 2.05) is 6.07 Å². The smallest absolute Gasteiger partial charge is 0.387 e. The summed E-state index contributed by atoms with van der Waals surface area (Å²) in [5, 5.41) is 0. The minimum Gasteiger partial charge on any atom is -0.493 e. The third-order valence-electron chi connectivity index (χ3n) is 4.18. The number of ether oxygens (including phenoxy) is 2. The first kappa shape index (κ1) is 21.0. The van der Waals surface area contributed by atoms with Gasteiger partial charge in [0.25, 0.3) is 0 Å². The molecule has 6 nitrogen and oxygen atoms in total. The average Bonchev–Trinajstić information content (AvgIpc) is 3.26. The topological polar surface area (TPSA) is 64.8 Å². The largest absolute Gasteiger partial charge is 0.493 e. The molecule has 0 aliphatic heterocycles. The second-order valence-electron chi connectivity index (χ2n) is 6.23. The molecule has 2 heterocycles. The van der Waals surface area contributed by atoms with Crippen LogP contribution in [0.15, 0.2) is 71.6 Å². The first-order valence-electron chi connectivity index (χ1n) is 9.07. The fourth-order valence-corrected chi connectivity index (χ4v) is 2.82. The minimum absolute atomic E-state index is 0.135. The van der Waals surface area contributed by atoms with E-state index >= 15 is 0 Å². The van der Waals surface area contributed by atoms with Crippen molar-refractivity contribution in [2.45, 2.75) is 19.7 Å². The molecule has 3 aromatic rings. The molecule has 0 aliphatic rings. The van der Waals surface area contributed by atoms with Gasteiger partial charge in [-0.05, 0) is 35.9 Å². The minimum atomic E-state index is -3.02. The Bertz CT molecular complexity index is 976. The molecule has 0 unspecified atom stereocenters. The molecule has 0 atom stereocenters. The number of pyridine rings is 1. The van der Waals surface area contributed by atoms with Crippen molar-refractivity contribution in [3.05, 3.63) is 84.1 Å². The monoisotopic (exact) mass is 414 g/mol. The number of para-hydroxylation sites is 1. The van der Waals surface area contributed by atoms with E-state index in [0.29, 0.717) is 17.9 Å². The van der Waals surface area contributed by atoms with Crippen molar-refractivity contribution in [2.24, 2.45) is 0 Å². The molecule has 156 valence electrons. The van der Waals surface area contributed by atoms with Crippen LogP contribution >= 0.6 is 0 Å². The van der Waals surface area contributed by atoms with Crippen LogP contribution < -0.4 is 9.47 Å². The first-order chi connectivity index (χ1) is 14.6. The van der Waals surface area contributed by atoms with E-state index in [0.717, 1.165) is 5.56 Å². The van der Waals surface area contributed by atoms with Crippen molar-refractivity contribution >= 4 is 12.0 Å². The standard InChI is InChI=1S/C22H20F2N2O4/c1-28-19-8-2-6-17(21(19)30-22(23)24)9-10-20(27)26(15-18-7-4-12-29-18)14-16-5-3-11-25-13-16/h2-13,22H,14-15H2,1H3/b10-9+. The van der Waals surface area contributed by atoms with E-state index in [1.54, 1.807) is 47.6 Å².